The Labute approximate surface area is 175 Å². The van der Waals surface area contributed by atoms with Gasteiger partial charge in [-0.3, -0.25) is 9.59 Å². The summed E-state index contributed by atoms with van der Waals surface area (Å²) in [6, 6.07) is 0. The summed E-state index contributed by atoms with van der Waals surface area (Å²) in [5.74, 6) is -2.04. The first kappa shape index (κ1) is 27.1. The van der Waals surface area contributed by atoms with Crippen LogP contribution in [0.2, 0.25) is 16.6 Å². The summed E-state index contributed by atoms with van der Waals surface area (Å²) in [6.45, 7) is 15.9. The van der Waals surface area contributed by atoms with E-state index in [4.69, 9.17) is 14.2 Å². The highest BCUT2D eigenvalue weighted by Gasteiger charge is 2.43. The fourth-order valence-electron chi connectivity index (χ4n) is 3.77. The zero-order valence-corrected chi connectivity index (χ0v) is 19.9. The predicted octanol–water partition coefficient (Wildman–Crippen LogP) is 2.85. The lowest BCUT2D eigenvalue weighted by Crippen LogP contribution is -2.43. The van der Waals surface area contributed by atoms with Crippen molar-refractivity contribution in [3.8, 4) is 11.5 Å². The molecule has 0 saturated carbocycles. The topological polar surface area (TPSA) is 99.1 Å². The third-order valence-electron chi connectivity index (χ3n) is 5.10. The summed E-state index contributed by atoms with van der Waals surface area (Å²) in [5.41, 5.74) is 4.66. The molecule has 8 heteroatoms. The van der Waals surface area contributed by atoms with Gasteiger partial charge in [0.05, 0.1) is 13.2 Å². The van der Waals surface area contributed by atoms with Gasteiger partial charge in [0.15, 0.2) is 18.6 Å². The number of rotatable bonds is 10. The van der Waals surface area contributed by atoms with Gasteiger partial charge in [0.25, 0.3) is 0 Å². The Bertz CT molecular complexity index is 576. The van der Waals surface area contributed by atoms with E-state index in [1.807, 2.05) is 0 Å². The molecule has 166 valence electrons. The maximum absolute atomic E-state index is 12.2. The minimum Gasteiger partial charge on any atom is -0.465 e. The highest BCUT2D eigenvalue weighted by Crippen LogP contribution is 2.40. The molecule has 0 spiro atoms. The van der Waals surface area contributed by atoms with E-state index in [2.05, 4.69) is 53.0 Å². The molecular weight excluding hydrogens is 392 g/mol. The second-order valence-electron chi connectivity index (χ2n) is 7.73. The quantitative estimate of drug-likeness (QED) is 0.188. The van der Waals surface area contributed by atoms with E-state index in [1.165, 1.54) is 0 Å². The summed E-state index contributed by atoms with van der Waals surface area (Å²) < 4.78 is 14.5. The molecule has 1 N–H and O–H groups in total. The minimum absolute atomic E-state index is 0.00566. The van der Waals surface area contributed by atoms with Gasteiger partial charge in [-0.25, -0.2) is 4.79 Å². The van der Waals surface area contributed by atoms with Gasteiger partial charge in [-0.2, -0.15) is 0 Å². The van der Waals surface area contributed by atoms with Crippen molar-refractivity contribution in [1.82, 2.24) is 0 Å². The summed E-state index contributed by atoms with van der Waals surface area (Å²) in [7, 11) is -1.97. The first-order chi connectivity index (χ1) is 13.5. The van der Waals surface area contributed by atoms with Crippen LogP contribution in [0, 0.1) is 17.4 Å². The Balaban J connectivity index is 5.31. The molecule has 0 aromatic heterocycles. The van der Waals surface area contributed by atoms with Gasteiger partial charge < -0.3 is 19.3 Å². The Kier molecular flexibility index (Phi) is 11.8. The van der Waals surface area contributed by atoms with Crippen LogP contribution in [-0.4, -0.2) is 57.0 Å². The molecule has 7 nitrogen and oxygen atoms in total. The second-order valence-corrected chi connectivity index (χ2v) is 13.3. The predicted molar refractivity (Wildman–Crippen MR) is 113 cm³/mol. The molecule has 0 saturated heterocycles. The van der Waals surface area contributed by atoms with Gasteiger partial charge >= 0.3 is 17.9 Å². The molecule has 0 aliphatic carbocycles. The zero-order chi connectivity index (χ0) is 22.8. The average Bonchev–Trinajstić information content (AvgIpc) is 2.61. The smallest absolute Gasteiger partial charge is 0.337 e. The molecular formula is C21H36O7Si. The van der Waals surface area contributed by atoms with Gasteiger partial charge in [0.2, 0.25) is 0 Å². The van der Waals surface area contributed by atoms with Crippen LogP contribution >= 0.6 is 0 Å². The second kappa shape index (κ2) is 12.7. The van der Waals surface area contributed by atoms with Crippen LogP contribution in [0.3, 0.4) is 0 Å². The van der Waals surface area contributed by atoms with Crippen molar-refractivity contribution >= 4 is 26.0 Å². The van der Waals surface area contributed by atoms with Gasteiger partial charge in [-0.15, -0.1) is 5.54 Å². The van der Waals surface area contributed by atoms with Crippen LogP contribution in [0.5, 0.6) is 0 Å². The fraction of sp³-hybridized carbons (Fsp3) is 0.762. The normalized spacial score (nSPS) is 12.6. The number of carbonyl (C=O) groups is 3. The number of ether oxygens (including phenoxy) is 3. The van der Waals surface area contributed by atoms with E-state index in [-0.39, 0.29) is 19.8 Å². The van der Waals surface area contributed by atoms with E-state index in [9.17, 15) is 19.5 Å². The number of esters is 3. The van der Waals surface area contributed by atoms with Crippen LogP contribution < -0.4 is 0 Å². The van der Waals surface area contributed by atoms with Gasteiger partial charge in [-0.05, 0) is 30.5 Å². The summed E-state index contributed by atoms with van der Waals surface area (Å²) in [5, 5.41) is 10.2. The summed E-state index contributed by atoms with van der Waals surface area (Å²) in [4.78, 5) is 36.1. The maximum atomic E-state index is 12.2. The Morgan fingerprint density at radius 3 is 1.55 bits per heavy atom. The third-order valence-corrected chi connectivity index (χ3v) is 11.4. The molecule has 0 rings (SSSR count). The van der Waals surface area contributed by atoms with Gasteiger partial charge in [0, 0.05) is 0 Å². The molecule has 0 heterocycles. The molecule has 0 aliphatic rings. The number of aliphatic hydroxyl groups excluding tert-OH is 1. The van der Waals surface area contributed by atoms with Gasteiger partial charge in [-0.1, -0.05) is 47.5 Å². The number of hydrogen-bond acceptors (Lipinski definition) is 7. The largest absolute Gasteiger partial charge is 0.465 e. The van der Waals surface area contributed by atoms with Crippen molar-refractivity contribution in [3.05, 3.63) is 0 Å². The molecule has 0 radical (unpaired) electrons. The van der Waals surface area contributed by atoms with Crippen molar-refractivity contribution < 1.29 is 33.7 Å². The van der Waals surface area contributed by atoms with E-state index >= 15 is 0 Å². The highest BCUT2D eigenvalue weighted by molar-refractivity contribution is 6.90. The Morgan fingerprint density at radius 2 is 1.21 bits per heavy atom. The monoisotopic (exact) mass is 428 g/mol. The van der Waals surface area contributed by atoms with Crippen molar-refractivity contribution in [2.24, 2.45) is 5.92 Å². The van der Waals surface area contributed by atoms with Gasteiger partial charge in [0.1, 0.15) is 8.07 Å². The van der Waals surface area contributed by atoms with Crippen molar-refractivity contribution in [3.63, 3.8) is 0 Å². The number of aliphatic hydroxyl groups is 1. The van der Waals surface area contributed by atoms with Crippen LogP contribution in [0.15, 0.2) is 0 Å². The molecule has 0 aliphatic heterocycles. The van der Waals surface area contributed by atoms with Crippen molar-refractivity contribution in [1.29, 1.82) is 0 Å². The SMILES string of the molecule is CCOC(=O)C(C(=O)OCC)C(O)C(=O)OCC#C[Si](C(C)C)(C(C)C)C(C)C. The number of hydrogen-bond donors (Lipinski definition) is 1. The molecule has 1 unspecified atom stereocenters. The van der Waals surface area contributed by atoms with Crippen LogP contribution in [0.25, 0.3) is 0 Å². The van der Waals surface area contributed by atoms with E-state index in [0.29, 0.717) is 16.6 Å². The standard InChI is InChI=1S/C21H36O7Si/c1-9-26-19(23)17(20(24)27-10-2)18(22)21(25)28-12-11-13-29(14(3)4,15(5)6)16(7)8/h14-18,22H,9-10,12H2,1-8H3. The molecule has 0 aromatic rings. The zero-order valence-electron chi connectivity index (χ0n) is 18.9. The minimum atomic E-state index is -2.02. The molecule has 1 atom stereocenters. The first-order valence-electron chi connectivity index (χ1n) is 10.1. The lowest BCUT2D eigenvalue weighted by molar-refractivity contribution is -0.175. The van der Waals surface area contributed by atoms with Crippen LogP contribution in [-0.2, 0) is 28.6 Å². The van der Waals surface area contributed by atoms with Crippen molar-refractivity contribution in [2.45, 2.75) is 78.1 Å². The highest BCUT2D eigenvalue weighted by atomic mass is 28.3. The van der Waals surface area contributed by atoms with Crippen LogP contribution in [0.1, 0.15) is 55.4 Å². The molecule has 0 bridgehead atoms. The first-order valence-corrected chi connectivity index (χ1v) is 12.4. The molecule has 0 amide bonds. The maximum Gasteiger partial charge on any atom is 0.337 e. The van der Waals surface area contributed by atoms with Crippen LogP contribution in [0.4, 0.5) is 0 Å². The fourth-order valence-corrected chi connectivity index (χ4v) is 9.01. The lowest BCUT2D eigenvalue weighted by atomic mass is 10.0. The third kappa shape index (κ3) is 7.16. The number of carbonyl (C=O) groups excluding carboxylic acids is 3. The molecule has 29 heavy (non-hydrogen) atoms. The Morgan fingerprint density at radius 1 is 0.793 bits per heavy atom. The van der Waals surface area contributed by atoms with E-state index in [1.54, 1.807) is 13.8 Å². The Hall–Kier alpha value is -1.85. The van der Waals surface area contributed by atoms with Crippen molar-refractivity contribution in [2.75, 3.05) is 19.8 Å². The lowest BCUT2D eigenvalue weighted by Gasteiger charge is -2.38. The average molecular weight is 429 g/mol. The molecule has 0 aromatic carbocycles. The van der Waals surface area contributed by atoms with E-state index in [0.717, 1.165) is 0 Å². The summed E-state index contributed by atoms with van der Waals surface area (Å²) in [6.07, 6.45) is -2.02. The molecule has 0 fully saturated rings. The van der Waals surface area contributed by atoms with E-state index < -0.39 is 38.0 Å². The summed E-state index contributed by atoms with van der Waals surface area (Å²) >= 11 is 0.